The third-order valence-electron chi connectivity index (χ3n) is 3.43. The quantitative estimate of drug-likeness (QED) is 0.654. The van der Waals surface area contributed by atoms with Gasteiger partial charge in [-0.1, -0.05) is 6.92 Å². The molecule has 0 atom stereocenters. The summed E-state index contributed by atoms with van der Waals surface area (Å²) in [5.74, 6) is 0.621. The van der Waals surface area contributed by atoms with Crippen LogP contribution in [0.1, 0.15) is 27.2 Å². The van der Waals surface area contributed by atoms with Crippen molar-refractivity contribution in [1.29, 1.82) is 0 Å². The summed E-state index contributed by atoms with van der Waals surface area (Å²) in [6.07, 6.45) is 2.23. The number of anilines is 2. The molecule has 0 aromatic carbocycles. The third-order valence-corrected chi connectivity index (χ3v) is 3.43. The van der Waals surface area contributed by atoms with Gasteiger partial charge < -0.3 is 15.0 Å². The first kappa shape index (κ1) is 15.4. The maximum absolute atomic E-state index is 11.5. The second-order valence-corrected chi connectivity index (χ2v) is 5.60. The molecule has 1 aromatic rings. The van der Waals surface area contributed by atoms with Gasteiger partial charge in [0.25, 0.3) is 0 Å². The Morgan fingerprint density at radius 3 is 2.90 bits per heavy atom. The standard InChI is InChI=1S/C13H21N5O3/c1-4-5-14-11-10(18(19)20)12(16-9-15-11)17-6-7-21-8-13(17,2)3/h9H,4-8H2,1-3H3,(H,14,15,16). The first-order valence-corrected chi connectivity index (χ1v) is 7.06. The molecule has 0 amide bonds. The summed E-state index contributed by atoms with van der Waals surface area (Å²) in [6.45, 7) is 8.19. The van der Waals surface area contributed by atoms with Crippen molar-refractivity contribution in [3.63, 3.8) is 0 Å². The second-order valence-electron chi connectivity index (χ2n) is 5.60. The van der Waals surface area contributed by atoms with Gasteiger partial charge in [0.1, 0.15) is 6.33 Å². The first-order valence-electron chi connectivity index (χ1n) is 7.06. The van der Waals surface area contributed by atoms with Gasteiger partial charge >= 0.3 is 5.69 Å². The maximum Gasteiger partial charge on any atom is 0.353 e. The number of ether oxygens (including phenoxy) is 1. The van der Waals surface area contributed by atoms with E-state index < -0.39 is 4.92 Å². The summed E-state index contributed by atoms with van der Waals surface area (Å²) in [5.41, 5.74) is -0.416. The zero-order valence-electron chi connectivity index (χ0n) is 12.6. The summed E-state index contributed by atoms with van der Waals surface area (Å²) >= 11 is 0. The van der Waals surface area contributed by atoms with E-state index in [2.05, 4.69) is 15.3 Å². The Labute approximate surface area is 123 Å². The molecule has 0 radical (unpaired) electrons. The Morgan fingerprint density at radius 2 is 2.29 bits per heavy atom. The molecule has 1 aromatic heterocycles. The minimum absolute atomic E-state index is 0.0686. The van der Waals surface area contributed by atoms with Gasteiger partial charge in [0.2, 0.25) is 11.6 Å². The largest absolute Gasteiger partial charge is 0.377 e. The van der Waals surface area contributed by atoms with Crippen molar-refractivity contribution in [2.75, 3.05) is 36.5 Å². The third kappa shape index (κ3) is 3.21. The van der Waals surface area contributed by atoms with Gasteiger partial charge in [-0.05, 0) is 20.3 Å². The topological polar surface area (TPSA) is 93.4 Å². The van der Waals surface area contributed by atoms with E-state index in [4.69, 9.17) is 4.74 Å². The predicted molar refractivity (Wildman–Crippen MR) is 79.7 cm³/mol. The van der Waals surface area contributed by atoms with Gasteiger partial charge in [0.15, 0.2) is 0 Å². The van der Waals surface area contributed by atoms with Crippen molar-refractivity contribution in [3.8, 4) is 0 Å². The van der Waals surface area contributed by atoms with Crippen LogP contribution in [0.25, 0.3) is 0 Å². The lowest BCUT2D eigenvalue weighted by atomic mass is 10.0. The van der Waals surface area contributed by atoms with E-state index in [0.717, 1.165) is 6.42 Å². The van der Waals surface area contributed by atoms with Crippen molar-refractivity contribution in [3.05, 3.63) is 16.4 Å². The van der Waals surface area contributed by atoms with Crippen LogP contribution in [0.4, 0.5) is 17.3 Å². The highest BCUT2D eigenvalue weighted by Gasteiger charge is 2.37. The molecule has 8 nitrogen and oxygen atoms in total. The zero-order valence-corrected chi connectivity index (χ0v) is 12.6. The molecule has 0 spiro atoms. The van der Waals surface area contributed by atoms with Crippen molar-refractivity contribution in [2.45, 2.75) is 32.7 Å². The summed E-state index contributed by atoms with van der Waals surface area (Å²) in [4.78, 5) is 21.2. The normalized spacial score (nSPS) is 17.6. The van der Waals surface area contributed by atoms with Crippen molar-refractivity contribution < 1.29 is 9.66 Å². The van der Waals surface area contributed by atoms with E-state index >= 15 is 0 Å². The fourth-order valence-electron chi connectivity index (χ4n) is 2.36. The SMILES string of the molecule is CCCNc1ncnc(N2CCOCC2(C)C)c1[N+](=O)[O-]. The molecule has 0 unspecified atom stereocenters. The molecule has 0 saturated carbocycles. The van der Waals surface area contributed by atoms with Crippen LogP contribution in [0.15, 0.2) is 6.33 Å². The van der Waals surface area contributed by atoms with E-state index in [9.17, 15) is 10.1 Å². The van der Waals surface area contributed by atoms with Crippen molar-refractivity contribution >= 4 is 17.3 Å². The number of hydrogen-bond acceptors (Lipinski definition) is 7. The molecular formula is C13H21N5O3. The van der Waals surface area contributed by atoms with Crippen LogP contribution in [0, 0.1) is 10.1 Å². The number of nitro groups is 1. The lowest BCUT2D eigenvalue weighted by Crippen LogP contribution is -2.53. The summed E-state index contributed by atoms with van der Waals surface area (Å²) in [5, 5.41) is 14.5. The van der Waals surface area contributed by atoms with Crippen LogP contribution in [-0.4, -0.2) is 46.7 Å². The highest BCUT2D eigenvalue weighted by molar-refractivity contribution is 5.71. The number of nitrogens with one attached hydrogen (secondary N) is 1. The highest BCUT2D eigenvalue weighted by atomic mass is 16.6. The van der Waals surface area contributed by atoms with E-state index in [1.165, 1.54) is 6.33 Å². The molecule has 1 aliphatic heterocycles. The Bertz CT molecular complexity index is 521. The van der Waals surface area contributed by atoms with Crippen molar-refractivity contribution in [1.82, 2.24) is 9.97 Å². The molecule has 1 saturated heterocycles. The number of aromatic nitrogens is 2. The first-order chi connectivity index (χ1) is 9.97. The molecule has 2 rings (SSSR count). The van der Waals surface area contributed by atoms with Crippen LogP contribution < -0.4 is 10.2 Å². The number of rotatable bonds is 5. The maximum atomic E-state index is 11.5. The molecule has 1 fully saturated rings. The van der Waals surface area contributed by atoms with Crippen LogP contribution in [0.2, 0.25) is 0 Å². The summed E-state index contributed by atoms with van der Waals surface area (Å²) in [7, 11) is 0. The smallest absolute Gasteiger partial charge is 0.353 e. The molecule has 21 heavy (non-hydrogen) atoms. The van der Waals surface area contributed by atoms with Crippen LogP contribution >= 0.6 is 0 Å². The number of morpholine rings is 1. The average molecular weight is 295 g/mol. The summed E-state index contributed by atoms with van der Waals surface area (Å²) < 4.78 is 5.46. The Balaban J connectivity index is 2.44. The number of hydrogen-bond donors (Lipinski definition) is 1. The average Bonchev–Trinajstić information content (AvgIpc) is 2.44. The van der Waals surface area contributed by atoms with Gasteiger partial charge in [-0.3, -0.25) is 10.1 Å². The minimum Gasteiger partial charge on any atom is -0.377 e. The Kier molecular flexibility index (Phi) is 4.56. The van der Waals surface area contributed by atoms with Gasteiger partial charge in [0.05, 0.1) is 23.7 Å². The molecule has 1 aliphatic rings. The predicted octanol–water partition coefficient (Wildman–Crippen LogP) is 1.82. The molecule has 8 heteroatoms. The van der Waals surface area contributed by atoms with Crippen LogP contribution in [0.5, 0.6) is 0 Å². The van der Waals surface area contributed by atoms with Crippen LogP contribution in [-0.2, 0) is 4.74 Å². The van der Waals surface area contributed by atoms with E-state index in [-0.39, 0.29) is 17.0 Å². The van der Waals surface area contributed by atoms with E-state index in [0.29, 0.717) is 32.1 Å². The van der Waals surface area contributed by atoms with Crippen molar-refractivity contribution in [2.24, 2.45) is 0 Å². The van der Waals surface area contributed by atoms with Gasteiger partial charge in [-0.25, -0.2) is 9.97 Å². The Morgan fingerprint density at radius 1 is 1.52 bits per heavy atom. The minimum atomic E-state index is -0.418. The molecule has 1 N–H and O–H groups in total. The van der Waals surface area contributed by atoms with Gasteiger partial charge in [-0.15, -0.1) is 0 Å². The van der Waals surface area contributed by atoms with E-state index in [1.54, 1.807) is 0 Å². The molecule has 2 heterocycles. The molecular weight excluding hydrogens is 274 g/mol. The number of nitrogens with zero attached hydrogens (tertiary/aromatic N) is 4. The lowest BCUT2D eigenvalue weighted by molar-refractivity contribution is -0.383. The molecule has 0 bridgehead atoms. The van der Waals surface area contributed by atoms with Gasteiger partial charge in [0, 0.05) is 13.1 Å². The zero-order chi connectivity index (χ0) is 15.5. The van der Waals surface area contributed by atoms with Crippen LogP contribution in [0.3, 0.4) is 0 Å². The fourth-order valence-corrected chi connectivity index (χ4v) is 2.36. The van der Waals surface area contributed by atoms with Gasteiger partial charge in [-0.2, -0.15) is 0 Å². The second kappa shape index (κ2) is 6.21. The lowest BCUT2D eigenvalue weighted by Gasteiger charge is -2.42. The molecule has 116 valence electrons. The highest BCUT2D eigenvalue weighted by Crippen LogP contribution is 2.36. The Hall–Kier alpha value is -1.96. The monoisotopic (exact) mass is 295 g/mol. The summed E-state index contributed by atoms with van der Waals surface area (Å²) in [6, 6.07) is 0. The molecule has 0 aliphatic carbocycles. The fraction of sp³-hybridized carbons (Fsp3) is 0.692. The van der Waals surface area contributed by atoms with E-state index in [1.807, 2.05) is 25.7 Å².